The van der Waals surface area contributed by atoms with E-state index in [1.54, 1.807) is 35.2 Å². The highest BCUT2D eigenvalue weighted by atomic mass is 32.2. The van der Waals surface area contributed by atoms with Gasteiger partial charge in [-0.05, 0) is 30.2 Å². The normalized spacial score (nSPS) is 12.8. The van der Waals surface area contributed by atoms with Crippen LogP contribution in [0.2, 0.25) is 0 Å². The van der Waals surface area contributed by atoms with Gasteiger partial charge in [0, 0.05) is 24.0 Å². The SMILES string of the molecule is COc1cccc(-n2c(SCc3ccccc3C)nc3c(c2=O)SCC3)c1. The number of thioether (sulfide) groups is 2. The molecule has 0 bridgehead atoms. The molecule has 0 atom stereocenters. The van der Waals surface area contributed by atoms with Crippen LogP contribution in [0, 0.1) is 6.92 Å². The highest BCUT2D eigenvalue weighted by molar-refractivity contribution is 7.99. The first-order valence-corrected chi connectivity index (χ1v) is 10.7. The summed E-state index contributed by atoms with van der Waals surface area (Å²) in [6, 6.07) is 15.9. The van der Waals surface area contributed by atoms with Crippen molar-refractivity contribution in [3.05, 3.63) is 75.7 Å². The van der Waals surface area contributed by atoms with Crippen molar-refractivity contribution in [1.82, 2.24) is 9.55 Å². The molecule has 0 radical (unpaired) electrons. The van der Waals surface area contributed by atoms with Crippen LogP contribution in [-0.4, -0.2) is 22.4 Å². The first-order chi connectivity index (χ1) is 13.2. The van der Waals surface area contributed by atoms with E-state index in [4.69, 9.17) is 9.72 Å². The van der Waals surface area contributed by atoms with E-state index in [9.17, 15) is 4.79 Å². The summed E-state index contributed by atoms with van der Waals surface area (Å²) in [6.45, 7) is 2.11. The van der Waals surface area contributed by atoms with E-state index in [0.717, 1.165) is 45.1 Å². The van der Waals surface area contributed by atoms with Crippen molar-refractivity contribution < 1.29 is 4.74 Å². The number of rotatable bonds is 5. The Balaban J connectivity index is 1.79. The second-order valence-electron chi connectivity index (χ2n) is 6.33. The zero-order valence-corrected chi connectivity index (χ0v) is 16.9. The van der Waals surface area contributed by atoms with E-state index in [-0.39, 0.29) is 5.56 Å². The molecule has 3 aromatic rings. The van der Waals surface area contributed by atoms with Crippen molar-refractivity contribution in [1.29, 1.82) is 0 Å². The molecule has 27 heavy (non-hydrogen) atoms. The number of aromatic nitrogens is 2. The average Bonchev–Trinajstić information content (AvgIpc) is 3.16. The lowest BCUT2D eigenvalue weighted by Gasteiger charge is -2.15. The van der Waals surface area contributed by atoms with Crippen molar-refractivity contribution in [2.24, 2.45) is 0 Å². The van der Waals surface area contributed by atoms with Gasteiger partial charge in [0.2, 0.25) is 0 Å². The maximum atomic E-state index is 13.2. The Labute approximate surface area is 167 Å². The van der Waals surface area contributed by atoms with Gasteiger partial charge in [-0.1, -0.05) is 42.1 Å². The maximum absolute atomic E-state index is 13.2. The van der Waals surface area contributed by atoms with E-state index < -0.39 is 0 Å². The Morgan fingerprint density at radius 1 is 1.22 bits per heavy atom. The second kappa shape index (κ2) is 7.82. The van der Waals surface area contributed by atoms with Gasteiger partial charge in [0.25, 0.3) is 5.56 Å². The number of benzene rings is 2. The topological polar surface area (TPSA) is 44.1 Å². The zero-order valence-electron chi connectivity index (χ0n) is 15.3. The molecule has 1 aliphatic rings. The van der Waals surface area contributed by atoms with Gasteiger partial charge in [-0.2, -0.15) is 0 Å². The van der Waals surface area contributed by atoms with Crippen LogP contribution < -0.4 is 10.3 Å². The third-order valence-electron chi connectivity index (χ3n) is 4.60. The van der Waals surface area contributed by atoms with Crippen LogP contribution in [0.3, 0.4) is 0 Å². The Morgan fingerprint density at radius 3 is 2.89 bits per heavy atom. The van der Waals surface area contributed by atoms with Crippen LogP contribution in [-0.2, 0) is 12.2 Å². The van der Waals surface area contributed by atoms with Gasteiger partial charge in [-0.15, -0.1) is 11.8 Å². The monoisotopic (exact) mass is 396 g/mol. The van der Waals surface area contributed by atoms with Crippen LogP contribution in [0.25, 0.3) is 5.69 Å². The first kappa shape index (κ1) is 18.2. The molecule has 0 saturated carbocycles. The quantitative estimate of drug-likeness (QED) is 0.470. The third kappa shape index (κ3) is 3.64. The molecule has 138 valence electrons. The molecule has 0 amide bonds. The van der Waals surface area contributed by atoms with E-state index in [0.29, 0.717) is 0 Å². The largest absolute Gasteiger partial charge is 0.497 e. The molecular formula is C21H20N2O2S2. The minimum Gasteiger partial charge on any atom is -0.497 e. The summed E-state index contributed by atoms with van der Waals surface area (Å²) >= 11 is 3.21. The van der Waals surface area contributed by atoms with Gasteiger partial charge in [0.05, 0.1) is 23.4 Å². The molecule has 0 saturated heterocycles. The van der Waals surface area contributed by atoms with Crippen molar-refractivity contribution >= 4 is 23.5 Å². The number of aryl methyl sites for hydroxylation is 2. The number of nitrogens with zero attached hydrogens (tertiary/aromatic N) is 2. The number of ether oxygens (including phenoxy) is 1. The lowest BCUT2D eigenvalue weighted by atomic mass is 10.1. The molecule has 2 aromatic carbocycles. The Bertz CT molecular complexity index is 1050. The van der Waals surface area contributed by atoms with Gasteiger partial charge in [-0.3, -0.25) is 9.36 Å². The highest BCUT2D eigenvalue weighted by Gasteiger charge is 2.22. The van der Waals surface area contributed by atoms with E-state index >= 15 is 0 Å². The number of methoxy groups -OCH3 is 1. The fraction of sp³-hybridized carbons (Fsp3) is 0.238. The van der Waals surface area contributed by atoms with Gasteiger partial charge in [0.15, 0.2) is 5.16 Å². The van der Waals surface area contributed by atoms with Crippen molar-refractivity contribution in [3.8, 4) is 11.4 Å². The molecule has 0 unspecified atom stereocenters. The molecule has 0 N–H and O–H groups in total. The summed E-state index contributed by atoms with van der Waals surface area (Å²) in [5.41, 5.74) is 4.23. The van der Waals surface area contributed by atoms with Crippen molar-refractivity contribution in [3.63, 3.8) is 0 Å². The predicted molar refractivity (Wildman–Crippen MR) is 112 cm³/mol. The van der Waals surface area contributed by atoms with Gasteiger partial charge < -0.3 is 4.74 Å². The van der Waals surface area contributed by atoms with Crippen molar-refractivity contribution in [2.75, 3.05) is 12.9 Å². The molecule has 2 heterocycles. The minimum absolute atomic E-state index is 0.0167. The Kier molecular flexibility index (Phi) is 5.27. The standard InChI is InChI=1S/C21H20N2O2S2/c1-14-6-3-4-7-15(14)13-27-21-22-18-10-11-26-19(18)20(24)23(21)16-8-5-9-17(12-16)25-2/h3-9,12H,10-11,13H2,1-2H3. The summed E-state index contributed by atoms with van der Waals surface area (Å²) in [5.74, 6) is 2.42. The van der Waals surface area contributed by atoms with Crippen LogP contribution in [0.4, 0.5) is 0 Å². The molecule has 1 aromatic heterocycles. The van der Waals surface area contributed by atoms with Gasteiger partial charge >= 0.3 is 0 Å². The minimum atomic E-state index is 0.0167. The van der Waals surface area contributed by atoms with Crippen LogP contribution in [0.15, 0.2) is 63.4 Å². The summed E-state index contributed by atoms with van der Waals surface area (Å²) in [4.78, 5) is 18.8. The highest BCUT2D eigenvalue weighted by Crippen LogP contribution is 2.31. The lowest BCUT2D eigenvalue weighted by Crippen LogP contribution is -2.23. The molecule has 4 rings (SSSR count). The first-order valence-electron chi connectivity index (χ1n) is 8.78. The molecular weight excluding hydrogens is 376 g/mol. The summed E-state index contributed by atoms with van der Waals surface area (Å²) in [6.07, 6.45) is 0.853. The summed E-state index contributed by atoms with van der Waals surface area (Å²) < 4.78 is 7.07. The predicted octanol–water partition coefficient (Wildman–Crippen LogP) is 4.49. The summed E-state index contributed by atoms with van der Waals surface area (Å²) in [5, 5.41) is 0.734. The van der Waals surface area contributed by atoms with E-state index in [1.165, 1.54) is 11.1 Å². The van der Waals surface area contributed by atoms with E-state index in [1.807, 2.05) is 36.4 Å². The second-order valence-corrected chi connectivity index (χ2v) is 8.37. The fourth-order valence-corrected chi connectivity index (χ4v) is 5.21. The number of hydrogen-bond acceptors (Lipinski definition) is 5. The van der Waals surface area contributed by atoms with Gasteiger partial charge in [0.1, 0.15) is 5.75 Å². The van der Waals surface area contributed by atoms with Crippen LogP contribution in [0.5, 0.6) is 5.75 Å². The number of fused-ring (bicyclic) bond motifs is 1. The molecule has 1 aliphatic heterocycles. The molecule has 0 fully saturated rings. The van der Waals surface area contributed by atoms with Crippen LogP contribution in [0.1, 0.15) is 16.8 Å². The van der Waals surface area contributed by atoms with Gasteiger partial charge in [-0.25, -0.2) is 4.98 Å². The molecule has 0 aliphatic carbocycles. The molecule has 0 spiro atoms. The third-order valence-corrected chi connectivity index (χ3v) is 6.69. The zero-order chi connectivity index (χ0) is 18.8. The fourth-order valence-electron chi connectivity index (χ4n) is 3.08. The number of hydrogen-bond donors (Lipinski definition) is 0. The maximum Gasteiger partial charge on any atom is 0.272 e. The average molecular weight is 397 g/mol. The lowest BCUT2D eigenvalue weighted by molar-refractivity contribution is 0.414. The van der Waals surface area contributed by atoms with Crippen molar-refractivity contribution in [2.45, 2.75) is 29.1 Å². The molecule has 6 heteroatoms. The van der Waals surface area contributed by atoms with E-state index in [2.05, 4.69) is 19.1 Å². The Hall–Kier alpha value is -2.18. The Morgan fingerprint density at radius 2 is 2.07 bits per heavy atom. The summed E-state index contributed by atoms with van der Waals surface area (Å²) in [7, 11) is 1.63. The van der Waals surface area contributed by atoms with Crippen LogP contribution >= 0.6 is 23.5 Å². The molecule has 4 nitrogen and oxygen atoms in total. The smallest absolute Gasteiger partial charge is 0.272 e.